The zero-order valence-corrected chi connectivity index (χ0v) is 31.8. The summed E-state index contributed by atoms with van der Waals surface area (Å²) in [5, 5.41) is 7.42. The lowest BCUT2D eigenvalue weighted by Crippen LogP contribution is -2.11. The number of para-hydroxylation sites is 3. The summed E-state index contributed by atoms with van der Waals surface area (Å²) >= 11 is 0. The second kappa shape index (κ2) is 14.1. The van der Waals surface area contributed by atoms with E-state index in [0.29, 0.717) is 0 Å². The highest BCUT2D eigenvalue weighted by Gasteiger charge is 2.20. The molecule has 1 heterocycles. The van der Waals surface area contributed by atoms with Gasteiger partial charge in [0.1, 0.15) is 0 Å². The van der Waals surface area contributed by atoms with E-state index in [1.807, 2.05) is 0 Å². The van der Waals surface area contributed by atoms with Gasteiger partial charge in [0.05, 0.1) is 22.4 Å². The van der Waals surface area contributed by atoms with Crippen LogP contribution in [0.2, 0.25) is 0 Å². The minimum Gasteiger partial charge on any atom is -0.310 e. The van der Waals surface area contributed by atoms with Crippen molar-refractivity contribution in [2.45, 2.75) is 0 Å². The maximum Gasteiger partial charge on any atom is 0.0541 e. The van der Waals surface area contributed by atoms with Gasteiger partial charge in [0.15, 0.2) is 0 Å². The number of hydrogen-bond acceptors (Lipinski definition) is 1. The Morgan fingerprint density at radius 2 is 0.828 bits per heavy atom. The molecule has 2 heteroatoms. The van der Waals surface area contributed by atoms with Crippen LogP contribution < -0.4 is 4.90 Å². The van der Waals surface area contributed by atoms with Gasteiger partial charge in [0.25, 0.3) is 0 Å². The normalized spacial score (nSPS) is 11.4. The highest BCUT2D eigenvalue weighted by Crippen LogP contribution is 2.44. The Morgan fingerprint density at radius 1 is 0.293 bits per heavy atom. The van der Waals surface area contributed by atoms with Crippen LogP contribution in [0.1, 0.15) is 0 Å². The average molecular weight is 739 g/mol. The zero-order chi connectivity index (χ0) is 38.4. The standard InChI is InChI=1S/C56H38N2/c1-2-16-39(17-3-1)47-36-37-56(50-25-7-6-24-49(47)50)57(44-21-14-20-42(38-44)46-28-15-19-40-18-4-5-22-45(40)46)43-34-32-41(33-35-43)48-23-8-11-29-53(48)58-54-30-12-9-26-51(54)52-27-10-13-31-55(52)58/h1-38H. The van der Waals surface area contributed by atoms with Crippen molar-refractivity contribution in [2.24, 2.45) is 0 Å². The number of anilines is 3. The average Bonchev–Trinajstić information content (AvgIpc) is 3.64. The number of hydrogen-bond donors (Lipinski definition) is 0. The highest BCUT2D eigenvalue weighted by atomic mass is 15.1. The molecule has 0 bridgehead atoms. The highest BCUT2D eigenvalue weighted by molar-refractivity contribution is 6.10. The number of nitrogens with zero attached hydrogens (tertiary/aromatic N) is 2. The maximum absolute atomic E-state index is 2.42. The van der Waals surface area contributed by atoms with Gasteiger partial charge in [-0.05, 0) is 92.5 Å². The molecule has 0 radical (unpaired) electrons. The van der Waals surface area contributed by atoms with Crippen molar-refractivity contribution in [3.8, 4) is 39.1 Å². The molecule has 2 nitrogen and oxygen atoms in total. The topological polar surface area (TPSA) is 8.17 Å². The minimum atomic E-state index is 1.09. The van der Waals surface area contributed by atoms with Crippen molar-refractivity contribution in [2.75, 3.05) is 4.90 Å². The second-order valence-electron chi connectivity index (χ2n) is 14.9. The van der Waals surface area contributed by atoms with Crippen molar-refractivity contribution < 1.29 is 0 Å². The fourth-order valence-corrected chi connectivity index (χ4v) is 8.95. The smallest absolute Gasteiger partial charge is 0.0541 e. The number of aromatic nitrogens is 1. The van der Waals surface area contributed by atoms with Crippen LogP contribution in [0.3, 0.4) is 0 Å². The maximum atomic E-state index is 2.42. The molecule has 0 spiro atoms. The van der Waals surface area contributed by atoms with Crippen molar-refractivity contribution in [1.82, 2.24) is 4.57 Å². The van der Waals surface area contributed by atoms with Crippen LogP contribution in [0.5, 0.6) is 0 Å². The Hall–Kier alpha value is -7.68. The third kappa shape index (κ3) is 5.66. The molecule has 1 aromatic heterocycles. The molecule has 0 aliphatic rings. The Balaban J connectivity index is 1.09. The van der Waals surface area contributed by atoms with Crippen LogP contribution >= 0.6 is 0 Å². The predicted molar refractivity (Wildman–Crippen MR) is 247 cm³/mol. The lowest BCUT2D eigenvalue weighted by atomic mass is 9.95. The molecule has 0 fully saturated rings. The molecule has 0 unspecified atom stereocenters. The van der Waals surface area contributed by atoms with Crippen LogP contribution in [0, 0.1) is 0 Å². The van der Waals surface area contributed by atoms with Crippen LogP contribution in [0.25, 0.3) is 82.4 Å². The molecule has 0 saturated heterocycles. The van der Waals surface area contributed by atoms with Crippen molar-refractivity contribution in [1.29, 1.82) is 0 Å². The summed E-state index contributed by atoms with van der Waals surface area (Å²) in [5.41, 5.74) is 14.1. The van der Waals surface area contributed by atoms with Crippen LogP contribution in [0.15, 0.2) is 231 Å². The first-order chi connectivity index (χ1) is 28.8. The summed E-state index contributed by atoms with van der Waals surface area (Å²) in [6, 6.07) is 83.7. The predicted octanol–water partition coefficient (Wildman–Crippen LogP) is 15.6. The van der Waals surface area contributed by atoms with Gasteiger partial charge in [-0.2, -0.15) is 0 Å². The van der Waals surface area contributed by atoms with Gasteiger partial charge in [-0.25, -0.2) is 0 Å². The Bertz CT molecular complexity index is 3220. The van der Waals surface area contributed by atoms with Crippen molar-refractivity contribution in [3.63, 3.8) is 0 Å². The lowest BCUT2D eigenvalue weighted by molar-refractivity contribution is 1.18. The molecule has 11 rings (SSSR count). The van der Waals surface area contributed by atoms with Gasteiger partial charge >= 0.3 is 0 Å². The molecule has 10 aromatic carbocycles. The van der Waals surface area contributed by atoms with E-state index in [1.165, 1.54) is 71.2 Å². The van der Waals surface area contributed by atoms with Crippen LogP contribution in [-0.4, -0.2) is 4.57 Å². The molecule has 11 aromatic rings. The monoisotopic (exact) mass is 738 g/mol. The van der Waals surface area contributed by atoms with E-state index in [1.54, 1.807) is 0 Å². The SMILES string of the molecule is c1ccc(-c2ccc(N(c3ccc(-c4ccccc4-n4c5ccccc5c5ccccc54)cc3)c3cccc(-c4cccc5ccccc45)c3)c3ccccc23)cc1. The molecule has 0 aliphatic heterocycles. The van der Waals surface area contributed by atoms with Gasteiger partial charge in [-0.1, -0.05) is 182 Å². The first kappa shape index (κ1) is 33.6. The van der Waals surface area contributed by atoms with Crippen LogP contribution in [0.4, 0.5) is 17.1 Å². The van der Waals surface area contributed by atoms with Crippen molar-refractivity contribution >= 4 is 60.4 Å². The summed E-state index contributed by atoms with van der Waals surface area (Å²) in [6.07, 6.45) is 0. The third-order valence-corrected chi connectivity index (χ3v) is 11.6. The summed E-state index contributed by atoms with van der Waals surface area (Å²) in [6.45, 7) is 0. The Kier molecular flexibility index (Phi) is 8.19. The number of rotatable bonds is 7. The molecule has 0 aliphatic carbocycles. The summed E-state index contributed by atoms with van der Waals surface area (Å²) in [4.78, 5) is 2.42. The third-order valence-electron chi connectivity index (χ3n) is 11.6. The van der Waals surface area contributed by atoms with E-state index in [0.717, 1.165) is 28.3 Å². The van der Waals surface area contributed by atoms with Gasteiger partial charge in [0.2, 0.25) is 0 Å². The first-order valence-electron chi connectivity index (χ1n) is 19.9. The molecule has 58 heavy (non-hydrogen) atoms. The van der Waals surface area contributed by atoms with E-state index in [9.17, 15) is 0 Å². The Labute approximate surface area is 338 Å². The fraction of sp³-hybridized carbons (Fsp3) is 0. The minimum absolute atomic E-state index is 1.09. The van der Waals surface area contributed by atoms with Crippen molar-refractivity contribution in [3.05, 3.63) is 231 Å². The molecular formula is C56H38N2. The van der Waals surface area contributed by atoms with Gasteiger partial charge < -0.3 is 9.47 Å². The number of fused-ring (bicyclic) bond motifs is 5. The summed E-state index contributed by atoms with van der Waals surface area (Å²) in [7, 11) is 0. The second-order valence-corrected chi connectivity index (χ2v) is 14.9. The van der Waals surface area contributed by atoms with E-state index >= 15 is 0 Å². The lowest BCUT2D eigenvalue weighted by Gasteiger charge is -2.28. The molecule has 0 N–H and O–H groups in total. The molecule has 0 atom stereocenters. The van der Waals surface area contributed by atoms with Gasteiger partial charge in [-0.15, -0.1) is 0 Å². The summed E-state index contributed by atoms with van der Waals surface area (Å²) in [5.74, 6) is 0. The quantitative estimate of drug-likeness (QED) is 0.158. The van der Waals surface area contributed by atoms with Gasteiger partial charge in [-0.3, -0.25) is 0 Å². The molecule has 272 valence electrons. The van der Waals surface area contributed by atoms with E-state index in [-0.39, 0.29) is 0 Å². The molecule has 0 amide bonds. The molecule has 0 saturated carbocycles. The Morgan fingerprint density at radius 3 is 1.60 bits per heavy atom. The van der Waals surface area contributed by atoms with E-state index in [2.05, 4.69) is 240 Å². The number of benzene rings is 10. The van der Waals surface area contributed by atoms with Gasteiger partial charge in [0, 0.05) is 33.1 Å². The largest absolute Gasteiger partial charge is 0.310 e. The fourth-order valence-electron chi connectivity index (χ4n) is 8.95. The van der Waals surface area contributed by atoms with Crippen LogP contribution in [-0.2, 0) is 0 Å². The van der Waals surface area contributed by atoms with E-state index < -0.39 is 0 Å². The zero-order valence-electron chi connectivity index (χ0n) is 31.8. The van der Waals surface area contributed by atoms with E-state index in [4.69, 9.17) is 0 Å². The first-order valence-corrected chi connectivity index (χ1v) is 19.9. The molecular weight excluding hydrogens is 701 g/mol. The summed E-state index contributed by atoms with van der Waals surface area (Å²) < 4.78 is 2.42.